The number of benzene rings is 1. The summed E-state index contributed by atoms with van der Waals surface area (Å²) in [7, 11) is 1.78. The van der Waals surface area contributed by atoms with Gasteiger partial charge in [-0.2, -0.15) is 0 Å². The fraction of sp³-hybridized carbons (Fsp3) is 0.421. The Hall–Kier alpha value is -2.27. The Labute approximate surface area is 144 Å². The van der Waals surface area contributed by atoms with E-state index in [-0.39, 0.29) is 0 Å². The highest BCUT2D eigenvalue weighted by Crippen LogP contribution is 2.17. The molecule has 0 spiro atoms. The van der Waals surface area contributed by atoms with Gasteiger partial charge in [-0.25, -0.2) is 0 Å². The highest BCUT2D eigenvalue weighted by Gasteiger charge is 2.06. The Bertz CT molecular complexity index is 582. The fourth-order valence-electron chi connectivity index (χ4n) is 2.47. The number of para-hydroxylation sites is 1. The minimum Gasteiger partial charge on any atom is -0.489 e. The maximum absolute atomic E-state index is 5.68. The van der Waals surface area contributed by atoms with Gasteiger partial charge in [0, 0.05) is 25.7 Å². The molecule has 0 aliphatic carbocycles. The molecule has 1 aliphatic heterocycles. The monoisotopic (exact) mass is 329 g/mol. The van der Waals surface area contributed by atoms with Crippen molar-refractivity contribution in [2.24, 2.45) is 4.99 Å². The molecule has 5 heteroatoms. The molecule has 0 aromatic heterocycles. The van der Waals surface area contributed by atoms with Crippen LogP contribution in [-0.2, 0) is 11.3 Å². The molecule has 1 heterocycles. The highest BCUT2D eigenvalue weighted by molar-refractivity contribution is 5.79. The molecule has 0 radical (unpaired) electrons. The van der Waals surface area contributed by atoms with Crippen LogP contribution in [0.2, 0.25) is 0 Å². The normalized spacial score (nSPS) is 14.7. The van der Waals surface area contributed by atoms with Crippen LogP contribution in [0, 0.1) is 0 Å². The lowest BCUT2D eigenvalue weighted by molar-refractivity contribution is 0.153. The van der Waals surface area contributed by atoms with Crippen LogP contribution in [-0.4, -0.2) is 39.4 Å². The minimum absolute atomic E-state index is 0.503. The van der Waals surface area contributed by atoms with Crippen LogP contribution in [0.15, 0.2) is 53.6 Å². The Morgan fingerprint density at radius 2 is 2.25 bits per heavy atom. The maximum atomic E-state index is 5.68. The minimum atomic E-state index is 0.503. The number of hydrogen-bond donors (Lipinski definition) is 2. The van der Waals surface area contributed by atoms with E-state index in [1.807, 2.05) is 24.3 Å². The summed E-state index contributed by atoms with van der Waals surface area (Å²) in [6.45, 7) is 7.28. The average Bonchev–Trinajstić information content (AvgIpc) is 2.64. The molecule has 0 saturated carbocycles. The fourth-order valence-corrected chi connectivity index (χ4v) is 2.47. The Morgan fingerprint density at radius 3 is 3.00 bits per heavy atom. The van der Waals surface area contributed by atoms with E-state index in [0.29, 0.717) is 13.2 Å². The summed E-state index contributed by atoms with van der Waals surface area (Å²) in [6.07, 6.45) is 5.97. The van der Waals surface area contributed by atoms with Crippen molar-refractivity contribution in [2.45, 2.75) is 19.4 Å². The molecule has 0 amide bonds. The van der Waals surface area contributed by atoms with Gasteiger partial charge in [0.15, 0.2) is 5.96 Å². The van der Waals surface area contributed by atoms with Gasteiger partial charge in [0.25, 0.3) is 0 Å². The molecule has 0 saturated heterocycles. The third-order valence-corrected chi connectivity index (χ3v) is 3.80. The number of nitrogens with zero attached hydrogens (tertiary/aromatic N) is 1. The van der Waals surface area contributed by atoms with E-state index in [0.717, 1.165) is 49.9 Å². The van der Waals surface area contributed by atoms with Crippen LogP contribution in [0.1, 0.15) is 18.4 Å². The van der Waals surface area contributed by atoms with Crippen molar-refractivity contribution < 1.29 is 9.47 Å². The number of aliphatic imine (C=N–C) groups is 1. The molecular weight excluding hydrogens is 302 g/mol. The summed E-state index contributed by atoms with van der Waals surface area (Å²) in [4.78, 5) is 4.27. The average molecular weight is 329 g/mol. The predicted octanol–water partition coefficient (Wildman–Crippen LogP) is 2.65. The Morgan fingerprint density at radius 1 is 1.38 bits per heavy atom. The molecule has 24 heavy (non-hydrogen) atoms. The van der Waals surface area contributed by atoms with Gasteiger partial charge in [-0.05, 0) is 18.9 Å². The second-order valence-electron chi connectivity index (χ2n) is 5.50. The predicted molar refractivity (Wildman–Crippen MR) is 98.5 cm³/mol. The first-order chi connectivity index (χ1) is 11.8. The van der Waals surface area contributed by atoms with Crippen molar-refractivity contribution in [3.63, 3.8) is 0 Å². The van der Waals surface area contributed by atoms with Gasteiger partial charge in [0.2, 0.25) is 0 Å². The van der Waals surface area contributed by atoms with Gasteiger partial charge < -0.3 is 20.1 Å². The first-order valence-electron chi connectivity index (χ1n) is 8.35. The van der Waals surface area contributed by atoms with Crippen molar-refractivity contribution >= 4 is 5.96 Å². The van der Waals surface area contributed by atoms with Crippen LogP contribution in [0.3, 0.4) is 0 Å². The van der Waals surface area contributed by atoms with Gasteiger partial charge in [0.1, 0.15) is 12.4 Å². The standard InChI is InChI=1S/C19H27N3O2/c1-3-12-24-18-7-5-4-6-17(18)15-22-19(20-2)21-11-8-16-9-13-23-14-10-16/h3-7,9H,1,8,10-15H2,2H3,(H2,20,21,22). The first kappa shape index (κ1) is 18.1. The zero-order valence-corrected chi connectivity index (χ0v) is 14.4. The van der Waals surface area contributed by atoms with E-state index in [1.54, 1.807) is 13.1 Å². The molecule has 0 unspecified atom stereocenters. The summed E-state index contributed by atoms with van der Waals surface area (Å²) in [5.74, 6) is 1.66. The topological polar surface area (TPSA) is 54.9 Å². The third kappa shape index (κ3) is 6.08. The smallest absolute Gasteiger partial charge is 0.191 e. The summed E-state index contributed by atoms with van der Waals surface area (Å²) < 4.78 is 11.0. The zero-order valence-electron chi connectivity index (χ0n) is 14.4. The second kappa shape index (κ2) is 10.5. The lowest BCUT2D eigenvalue weighted by Crippen LogP contribution is -2.37. The summed E-state index contributed by atoms with van der Waals surface area (Å²) in [6, 6.07) is 7.99. The number of hydrogen-bond acceptors (Lipinski definition) is 3. The van der Waals surface area contributed by atoms with Gasteiger partial charge in [-0.3, -0.25) is 4.99 Å². The molecule has 0 atom stereocenters. The molecule has 2 N–H and O–H groups in total. The second-order valence-corrected chi connectivity index (χ2v) is 5.50. The van der Waals surface area contributed by atoms with E-state index in [4.69, 9.17) is 9.47 Å². The van der Waals surface area contributed by atoms with E-state index in [1.165, 1.54) is 5.57 Å². The number of rotatable bonds is 8. The maximum Gasteiger partial charge on any atom is 0.191 e. The van der Waals surface area contributed by atoms with Crippen LogP contribution in [0.5, 0.6) is 5.75 Å². The summed E-state index contributed by atoms with van der Waals surface area (Å²) >= 11 is 0. The van der Waals surface area contributed by atoms with Crippen molar-refractivity contribution in [3.8, 4) is 5.75 Å². The van der Waals surface area contributed by atoms with Crippen LogP contribution in [0.4, 0.5) is 0 Å². The van der Waals surface area contributed by atoms with Gasteiger partial charge in [-0.15, -0.1) is 0 Å². The van der Waals surface area contributed by atoms with E-state index >= 15 is 0 Å². The Kier molecular flexibility index (Phi) is 7.90. The zero-order chi connectivity index (χ0) is 17.0. The van der Waals surface area contributed by atoms with Crippen molar-refractivity contribution in [1.29, 1.82) is 0 Å². The lowest BCUT2D eigenvalue weighted by Gasteiger charge is -2.16. The molecule has 1 aliphatic rings. The van der Waals surface area contributed by atoms with Crippen LogP contribution < -0.4 is 15.4 Å². The molecule has 130 valence electrons. The lowest BCUT2D eigenvalue weighted by atomic mass is 10.1. The van der Waals surface area contributed by atoms with Gasteiger partial charge in [0.05, 0.1) is 13.2 Å². The van der Waals surface area contributed by atoms with Crippen molar-refractivity contribution in [2.75, 3.05) is 33.4 Å². The van der Waals surface area contributed by atoms with E-state index < -0.39 is 0 Å². The van der Waals surface area contributed by atoms with Gasteiger partial charge >= 0.3 is 0 Å². The van der Waals surface area contributed by atoms with E-state index in [2.05, 4.69) is 28.3 Å². The van der Waals surface area contributed by atoms with Crippen LogP contribution >= 0.6 is 0 Å². The molecular formula is C19H27N3O2. The van der Waals surface area contributed by atoms with Crippen molar-refractivity contribution in [1.82, 2.24) is 10.6 Å². The van der Waals surface area contributed by atoms with Crippen molar-refractivity contribution in [3.05, 3.63) is 54.1 Å². The summed E-state index contributed by atoms with van der Waals surface area (Å²) in [5, 5.41) is 6.68. The van der Waals surface area contributed by atoms with E-state index in [9.17, 15) is 0 Å². The number of guanidine groups is 1. The third-order valence-electron chi connectivity index (χ3n) is 3.80. The molecule has 1 aromatic rings. The number of ether oxygens (including phenoxy) is 2. The first-order valence-corrected chi connectivity index (χ1v) is 8.35. The highest BCUT2D eigenvalue weighted by atomic mass is 16.5. The molecule has 2 rings (SSSR count). The molecule has 5 nitrogen and oxygen atoms in total. The quantitative estimate of drug-likeness (QED) is 0.437. The largest absolute Gasteiger partial charge is 0.489 e. The SMILES string of the molecule is C=CCOc1ccccc1CNC(=NC)NCCC1=CCOCC1. The van der Waals surface area contributed by atoms with Crippen LogP contribution in [0.25, 0.3) is 0 Å². The molecule has 0 fully saturated rings. The summed E-state index contributed by atoms with van der Waals surface area (Å²) in [5.41, 5.74) is 2.54. The Balaban J connectivity index is 1.79. The molecule has 1 aromatic carbocycles. The number of nitrogens with one attached hydrogen (secondary N) is 2. The molecule has 0 bridgehead atoms. The van der Waals surface area contributed by atoms with Gasteiger partial charge in [-0.1, -0.05) is 42.5 Å².